The summed E-state index contributed by atoms with van der Waals surface area (Å²) in [6.45, 7) is 0.117. The molecule has 2 heterocycles. The van der Waals surface area contributed by atoms with Crippen LogP contribution in [0.5, 0.6) is 0 Å². The van der Waals surface area contributed by atoms with Crippen molar-refractivity contribution in [2.24, 2.45) is 11.3 Å². The van der Waals surface area contributed by atoms with Gasteiger partial charge in [-0.1, -0.05) is 6.42 Å². The fourth-order valence-corrected chi connectivity index (χ4v) is 5.72. The highest BCUT2D eigenvalue weighted by molar-refractivity contribution is 7.90. The maximum absolute atomic E-state index is 12.7. The van der Waals surface area contributed by atoms with Gasteiger partial charge in [-0.25, -0.2) is 21.8 Å². The average Bonchev–Trinajstić information content (AvgIpc) is 3.04. The van der Waals surface area contributed by atoms with Crippen LogP contribution in [0, 0.1) is 11.3 Å². The van der Waals surface area contributed by atoms with Crippen LogP contribution in [0.1, 0.15) is 19.3 Å². The van der Waals surface area contributed by atoms with Crippen molar-refractivity contribution in [3.63, 3.8) is 0 Å². The molecule has 1 aromatic rings. The summed E-state index contributed by atoms with van der Waals surface area (Å²) in [5.41, 5.74) is -1.01. The SMILES string of the molecule is CS(=O)(=O)c1ccc(S(=O)(=O)N2C[C@@H]3CCC[C@@]3(C(=O)O)C2)cn1. The molecule has 1 saturated carbocycles. The van der Waals surface area contributed by atoms with Gasteiger partial charge in [0.1, 0.15) is 4.90 Å². The molecule has 2 fully saturated rings. The van der Waals surface area contributed by atoms with Crippen molar-refractivity contribution in [3.05, 3.63) is 18.3 Å². The highest BCUT2D eigenvalue weighted by atomic mass is 32.2. The van der Waals surface area contributed by atoms with E-state index in [-0.39, 0.29) is 28.9 Å². The monoisotopic (exact) mass is 374 g/mol. The zero-order valence-electron chi connectivity index (χ0n) is 13.0. The Hall–Kier alpha value is -1.52. The van der Waals surface area contributed by atoms with Gasteiger partial charge < -0.3 is 5.11 Å². The second-order valence-electron chi connectivity index (χ2n) is 6.45. The Balaban J connectivity index is 1.91. The molecule has 1 aliphatic carbocycles. The lowest BCUT2D eigenvalue weighted by atomic mass is 9.81. The number of fused-ring (bicyclic) bond motifs is 1. The first kappa shape index (κ1) is 17.3. The van der Waals surface area contributed by atoms with Gasteiger partial charge >= 0.3 is 5.97 Å². The first-order valence-corrected chi connectivity index (χ1v) is 10.8. The van der Waals surface area contributed by atoms with Crippen molar-refractivity contribution in [2.75, 3.05) is 19.3 Å². The lowest BCUT2D eigenvalue weighted by molar-refractivity contribution is -0.149. The molecule has 0 spiro atoms. The summed E-state index contributed by atoms with van der Waals surface area (Å²) in [5, 5.41) is 9.35. The third kappa shape index (κ3) is 2.62. The lowest BCUT2D eigenvalue weighted by Gasteiger charge is -2.23. The minimum Gasteiger partial charge on any atom is -0.481 e. The molecule has 0 radical (unpaired) electrons. The largest absolute Gasteiger partial charge is 0.481 e. The van der Waals surface area contributed by atoms with Crippen LogP contribution in [0.15, 0.2) is 28.3 Å². The van der Waals surface area contributed by atoms with Gasteiger partial charge in [-0.05, 0) is 30.9 Å². The number of sulfonamides is 1. The molecule has 0 bridgehead atoms. The maximum Gasteiger partial charge on any atom is 0.311 e. The summed E-state index contributed by atoms with van der Waals surface area (Å²) in [6.07, 6.45) is 3.96. The van der Waals surface area contributed by atoms with Gasteiger partial charge in [-0.3, -0.25) is 4.79 Å². The summed E-state index contributed by atoms with van der Waals surface area (Å²) < 4.78 is 49.5. The summed E-state index contributed by atoms with van der Waals surface area (Å²) >= 11 is 0. The van der Waals surface area contributed by atoms with E-state index in [1.54, 1.807) is 0 Å². The van der Waals surface area contributed by atoms with Gasteiger partial charge in [0, 0.05) is 25.5 Å². The normalized spacial score (nSPS) is 28.0. The van der Waals surface area contributed by atoms with Gasteiger partial charge in [-0.15, -0.1) is 0 Å². The van der Waals surface area contributed by atoms with E-state index in [4.69, 9.17) is 0 Å². The number of pyridine rings is 1. The number of aromatic nitrogens is 1. The first-order chi connectivity index (χ1) is 11.1. The summed E-state index contributed by atoms with van der Waals surface area (Å²) in [6, 6.07) is 2.34. The molecular weight excluding hydrogens is 356 g/mol. The Labute approximate surface area is 140 Å². The molecule has 2 atom stereocenters. The Morgan fingerprint density at radius 2 is 2.04 bits per heavy atom. The lowest BCUT2D eigenvalue weighted by Crippen LogP contribution is -2.37. The molecule has 1 saturated heterocycles. The second kappa shape index (κ2) is 5.50. The molecule has 24 heavy (non-hydrogen) atoms. The van der Waals surface area contributed by atoms with E-state index < -0.39 is 31.2 Å². The fraction of sp³-hybridized carbons (Fsp3) is 0.571. The van der Waals surface area contributed by atoms with Crippen LogP contribution in [0.3, 0.4) is 0 Å². The third-order valence-corrected chi connectivity index (χ3v) is 7.79. The molecule has 132 valence electrons. The van der Waals surface area contributed by atoms with Crippen LogP contribution in [0.4, 0.5) is 0 Å². The van der Waals surface area contributed by atoms with Crippen molar-refractivity contribution in [1.29, 1.82) is 0 Å². The topological polar surface area (TPSA) is 122 Å². The number of nitrogens with zero attached hydrogens (tertiary/aromatic N) is 2. The number of rotatable bonds is 4. The van der Waals surface area contributed by atoms with E-state index in [0.29, 0.717) is 12.8 Å². The molecule has 1 aliphatic heterocycles. The number of hydrogen-bond acceptors (Lipinski definition) is 6. The second-order valence-corrected chi connectivity index (χ2v) is 10.4. The van der Waals surface area contributed by atoms with Crippen LogP contribution in [0.25, 0.3) is 0 Å². The Kier molecular flexibility index (Phi) is 3.97. The first-order valence-electron chi connectivity index (χ1n) is 7.47. The molecule has 1 N–H and O–H groups in total. The minimum absolute atomic E-state index is 0.0524. The fourth-order valence-electron chi connectivity index (χ4n) is 3.66. The molecule has 0 aromatic carbocycles. The molecule has 1 aromatic heterocycles. The van der Waals surface area contributed by atoms with E-state index >= 15 is 0 Å². The number of sulfone groups is 1. The zero-order chi connectivity index (χ0) is 17.8. The van der Waals surface area contributed by atoms with Crippen molar-refractivity contribution < 1.29 is 26.7 Å². The van der Waals surface area contributed by atoms with Crippen molar-refractivity contribution >= 4 is 25.8 Å². The van der Waals surface area contributed by atoms with Gasteiger partial charge in [-0.2, -0.15) is 4.31 Å². The van der Waals surface area contributed by atoms with Gasteiger partial charge in [0.15, 0.2) is 14.9 Å². The van der Waals surface area contributed by atoms with Crippen LogP contribution in [0.2, 0.25) is 0 Å². The molecule has 0 amide bonds. The highest BCUT2D eigenvalue weighted by Crippen LogP contribution is 2.50. The van der Waals surface area contributed by atoms with Crippen LogP contribution in [-0.2, 0) is 24.7 Å². The minimum atomic E-state index is -3.90. The Morgan fingerprint density at radius 1 is 1.33 bits per heavy atom. The molecule has 3 rings (SSSR count). The van der Waals surface area contributed by atoms with Crippen molar-refractivity contribution in [1.82, 2.24) is 9.29 Å². The van der Waals surface area contributed by atoms with Crippen LogP contribution < -0.4 is 0 Å². The van der Waals surface area contributed by atoms with Crippen LogP contribution in [-0.4, -0.2) is 56.5 Å². The third-order valence-electron chi connectivity index (χ3n) is 4.99. The van der Waals surface area contributed by atoms with Crippen molar-refractivity contribution in [2.45, 2.75) is 29.2 Å². The quantitative estimate of drug-likeness (QED) is 0.807. The number of hydrogen-bond donors (Lipinski definition) is 1. The van der Waals surface area contributed by atoms with Gasteiger partial charge in [0.25, 0.3) is 0 Å². The van der Waals surface area contributed by atoms with E-state index in [1.165, 1.54) is 10.4 Å². The van der Waals surface area contributed by atoms with E-state index in [9.17, 15) is 26.7 Å². The number of aliphatic carboxylic acids is 1. The number of carboxylic acids is 1. The van der Waals surface area contributed by atoms with E-state index in [0.717, 1.165) is 24.9 Å². The molecule has 0 unspecified atom stereocenters. The highest BCUT2D eigenvalue weighted by Gasteiger charge is 2.57. The predicted molar refractivity (Wildman–Crippen MR) is 83.5 cm³/mol. The number of carboxylic acid groups (broad SMARTS) is 1. The van der Waals surface area contributed by atoms with E-state index in [2.05, 4.69) is 4.98 Å². The smallest absolute Gasteiger partial charge is 0.311 e. The Bertz CT molecular complexity index is 878. The standard InChI is InChI=1S/C14H18N2O6S2/c1-23(19,20)12-5-4-11(7-15-12)24(21,22)16-8-10-3-2-6-14(10,9-16)13(17)18/h4-5,7,10H,2-3,6,8-9H2,1H3,(H,17,18)/t10-,14+/m0/s1. The zero-order valence-corrected chi connectivity index (χ0v) is 14.7. The van der Waals surface area contributed by atoms with E-state index in [1.807, 2.05) is 0 Å². The maximum atomic E-state index is 12.7. The van der Waals surface area contributed by atoms with Gasteiger partial charge in [0.05, 0.1) is 5.41 Å². The summed E-state index contributed by atoms with van der Waals surface area (Å²) in [7, 11) is -7.42. The number of carbonyl (C=O) groups is 1. The van der Waals surface area contributed by atoms with Crippen LogP contribution >= 0.6 is 0 Å². The van der Waals surface area contributed by atoms with Crippen molar-refractivity contribution in [3.8, 4) is 0 Å². The molecule has 10 heteroatoms. The molecule has 2 aliphatic rings. The molecule has 8 nitrogen and oxygen atoms in total. The van der Waals surface area contributed by atoms with Gasteiger partial charge in [0.2, 0.25) is 10.0 Å². The predicted octanol–water partition coefficient (Wildman–Crippen LogP) is 0.361. The summed E-state index contributed by atoms with van der Waals surface area (Å²) in [5.74, 6) is -1.14. The average molecular weight is 374 g/mol. The Morgan fingerprint density at radius 3 is 2.54 bits per heavy atom. The molecular formula is C14H18N2O6S2. The summed E-state index contributed by atoms with van der Waals surface area (Å²) in [4.78, 5) is 15.2.